The normalized spacial score (nSPS) is 17.0. The molecule has 1 amide bonds. The summed E-state index contributed by atoms with van der Waals surface area (Å²) in [6.45, 7) is 5.59. The van der Waals surface area contributed by atoms with Gasteiger partial charge in [0.15, 0.2) is 0 Å². The van der Waals surface area contributed by atoms with Gasteiger partial charge in [-0.2, -0.15) is 13.2 Å². The van der Waals surface area contributed by atoms with Crippen molar-refractivity contribution in [1.29, 1.82) is 0 Å². The zero-order chi connectivity index (χ0) is 17.9. The first-order chi connectivity index (χ1) is 11.2. The van der Waals surface area contributed by atoms with Crippen LogP contribution in [0.1, 0.15) is 19.4 Å². The number of rotatable bonds is 4. The van der Waals surface area contributed by atoms with Crippen LogP contribution in [0.25, 0.3) is 0 Å². The molecule has 1 unspecified atom stereocenters. The third kappa shape index (κ3) is 4.51. The highest BCUT2D eigenvalue weighted by Gasteiger charge is 2.33. The van der Waals surface area contributed by atoms with Crippen LogP contribution >= 0.6 is 11.6 Å². The van der Waals surface area contributed by atoms with E-state index in [0.717, 1.165) is 6.07 Å². The van der Waals surface area contributed by atoms with Gasteiger partial charge in [-0.15, -0.1) is 0 Å². The highest BCUT2D eigenvalue weighted by molar-refractivity contribution is 6.33. The van der Waals surface area contributed by atoms with Crippen LogP contribution in [0.2, 0.25) is 5.02 Å². The molecule has 0 saturated carbocycles. The second kappa shape index (κ2) is 7.57. The van der Waals surface area contributed by atoms with E-state index in [0.29, 0.717) is 32.5 Å². The zero-order valence-electron chi connectivity index (χ0n) is 13.4. The average Bonchev–Trinajstić information content (AvgIpc) is 2.52. The molecule has 1 fully saturated rings. The van der Waals surface area contributed by atoms with Crippen LogP contribution in [0, 0.1) is 5.92 Å². The summed E-state index contributed by atoms with van der Waals surface area (Å²) < 4.78 is 43.2. The summed E-state index contributed by atoms with van der Waals surface area (Å²) in [6.07, 6.45) is -3.82. The van der Waals surface area contributed by atoms with Gasteiger partial charge in [-0.25, -0.2) is 4.98 Å². The molecule has 1 aliphatic rings. The molecule has 1 N–H and O–H groups in total. The molecule has 1 atom stereocenters. The van der Waals surface area contributed by atoms with Gasteiger partial charge in [-0.05, 0) is 12.0 Å². The van der Waals surface area contributed by atoms with Gasteiger partial charge in [0.05, 0.1) is 23.8 Å². The molecule has 0 bridgehead atoms. The summed E-state index contributed by atoms with van der Waals surface area (Å²) in [5.41, 5.74) is -0.932. The van der Waals surface area contributed by atoms with E-state index in [1.54, 1.807) is 4.90 Å². The number of hydrogen-bond acceptors (Lipinski definition) is 4. The van der Waals surface area contributed by atoms with Crippen molar-refractivity contribution in [2.24, 2.45) is 5.92 Å². The Kier molecular flexibility index (Phi) is 5.92. The monoisotopic (exact) mass is 365 g/mol. The van der Waals surface area contributed by atoms with E-state index in [1.807, 2.05) is 13.8 Å². The Morgan fingerprint density at radius 2 is 2.00 bits per heavy atom. The molecule has 5 nitrogen and oxygen atoms in total. The summed E-state index contributed by atoms with van der Waals surface area (Å²) >= 11 is 5.90. The SMILES string of the molecule is CC(C)C(Nc1ncc(C(F)(F)F)cc1Cl)C(=O)N1CCOCC1. The summed E-state index contributed by atoms with van der Waals surface area (Å²) in [5.74, 6) is -0.184. The number of nitrogens with one attached hydrogen (secondary N) is 1. The Morgan fingerprint density at radius 3 is 2.50 bits per heavy atom. The van der Waals surface area contributed by atoms with Crippen molar-refractivity contribution in [2.75, 3.05) is 31.6 Å². The smallest absolute Gasteiger partial charge is 0.378 e. The maximum Gasteiger partial charge on any atom is 0.417 e. The maximum atomic E-state index is 12.7. The Morgan fingerprint density at radius 1 is 1.38 bits per heavy atom. The third-order valence-electron chi connectivity index (χ3n) is 3.72. The first kappa shape index (κ1) is 18.8. The van der Waals surface area contributed by atoms with E-state index in [2.05, 4.69) is 10.3 Å². The van der Waals surface area contributed by atoms with Crippen molar-refractivity contribution in [1.82, 2.24) is 9.88 Å². The molecule has 1 aliphatic heterocycles. The van der Waals surface area contributed by atoms with Crippen molar-refractivity contribution in [3.8, 4) is 0 Å². The predicted octanol–water partition coefficient (Wildman–Crippen LogP) is 3.05. The summed E-state index contributed by atoms with van der Waals surface area (Å²) in [5, 5.41) is 2.70. The lowest BCUT2D eigenvalue weighted by Gasteiger charge is -2.32. The van der Waals surface area contributed by atoms with Crippen LogP contribution in [-0.4, -0.2) is 48.1 Å². The van der Waals surface area contributed by atoms with Crippen molar-refractivity contribution in [3.63, 3.8) is 0 Å². The number of amides is 1. The van der Waals surface area contributed by atoms with E-state index in [-0.39, 0.29) is 22.7 Å². The molecular weight excluding hydrogens is 347 g/mol. The van der Waals surface area contributed by atoms with Crippen LogP contribution in [0.4, 0.5) is 19.0 Å². The molecule has 2 heterocycles. The van der Waals surface area contributed by atoms with Gasteiger partial charge in [0, 0.05) is 19.3 Å². The van der Waals surface area contributed by atoms with Gasteiger partial charge in [-0.1, -0.05) is 25.4 Å². The standard InChI is InChI=1S/C15H19ClF3N3O2/c1-9(2)12(14(23)22-3-5-24-6-4-22)21-13-11(16)7-10(8-20-13)15(17,18)19/h7-9,12H,3-6H2,1-2H3,(H,20,21). The summed E-state index contributed by atoms with van der Waals surface area (Å²) in [7, 11) is 0. The number of aromatic nitrogens is 1. The van der Waals surface area contributed by atoms with Crippen molar-refractivity contribution < 1.29 is 22.7 Å². The number of hydrogen-bond donors (Lipinski definition) is 1. The largest absolute Gasteiger partial charge is 0.417 e. The molecular formula is C15H19ClF3N3O2. The topological polar surface area (TPSA) is 54.5 Å². The number of nitrogens with zero attached hydrogens (tertiary/aromatic N) is 2. The first-order valence-electron chi connectivity index (χ1n) is 7.56. The predicted molar refractivity (Wildman–Crippen MR) is 83.9 cm³/mol. The van der Waals surface area contributed by atoms with Gasteiger partial charge in [-0.3, -0.25) is 4.79 Å². The molecule has 9 heteroatoms. The zero-order valence-corrected chi connectivity index (χ0v) is 14.1. The van der Waals surface area contributed by atoms with Crippen molar-refractivity contribution in [3.05, 3.63) is 22.8 Å². The van der Waals surface area contributed by atoms with Crippen LogP contribution in [0.3, 0.4) is 0 Å². The maximum absolute atomic E-state index is 12.7. The van der Waals surface area contributed by atoms with Crippen LogP contribution in [0.15, 0.2) is 12.3 Å². The fraction of sp³-hybridized carbons (Fsp3) is 0.600. The molecule has 1 aromatic rings. The number of ether oxygens (including phenoxy) is 1. The lowest BCUT2D eigenvalue weighted by Crippen LogP contribution is -2.50. The molecule has 0 spiro atoms. The molecule has 0 radical (unpaired) electrons. The van der Waals surface area contributed by atoms with Gasteiger partial charge in [0.2, 0.25) is 5.91 Å². The highest BCUT2D eigenvalue weighted by atomic mass is 35.5. The van der Waals surface area contributed by atoms with Crippen LogP contribution < -0.4 is 5.32 Å². The van der Waals surface area contributed by atoms with Gasteiger partial charge < -0.3 is 15.0 Å². The van der Waals surface area contributed by atoms with Gasteiger partial charge in [0.1, 0.15) is 11.9 Å². The Labute approximate surface area is 143 Å². The number of carbonyl (C=O) groups is 1. The Balaban J connectivity index is 2.17. The molecule has 24 heavy (non-hydrogen) atoms. The van der Waals surface area contributed by atoms with E-state index >= 15 is 0 Å². The van der Waals surface area contributed by atoms with E-state index in [1.165, 1.54) is 0 Å². The highest BCUT2D eigenvalue weighted by Crippen LogP contribution is 2.32. The van der Waals surface area contributed by atoms with Crippen molar-refractivity contribution >= 4 is 23.3 Å². The minimum Gasteiger partial charge on any atom is -0.378 e. The number of carbonyl (C=O) groups excluding carboxylic acids is 1. The fourth-order valence-electron chi connectivity index (χ4n) is 2.34. The number of pyridine rings is 1. The number of halogens is 4. The van der Waals surface area contributed by atoms with Crippen LogP contribution in [0.5, 0.6) is 0 Å². The Hall–Kier alpha value is -1.54. The average molecular weight is 366 g/mol. The third-order valence-corrected chi connectivity index (χ3v) is 4.00. The molecule has 0 aromatic carbocycles. The van der Waals surface area contributed by atoms with Crippen molar-refractivity contribution in [2.45, 2.75) is 26.1 Å². The minimum atomic E-state index is -4.52. The lowest BCUT2D eigenvalue weighted by atomic mass is 10.0. The second-order valence-electron chi connectivity index (χ2n) is 5.86. The second-order valence-corrected chi connectivity index (χ2v) is 6.26. The summed E-state index contributed by atoms with van der Waals surface area (Å²) in [4.78, 5) is 18.0. The van der Waals surface area contributed by atoms with Crippen LogP contribution in [-0.2, 0) is 15.7 Å². The number of anilines is 1. The number of alkyl halides is 3. The quantitative estimate of drug-likeness (QED) is 0.891. The molecule has 0 aliphatic carbocycles. The molecule has 1 saturated heterocycles. The first-order valence-corrected chi connectivity index (χ1v) is 7.93. The van der Waals surface area contributed by atoms with Gasteiger partial charge >= 0.3 is 6.18 Å². The molecule has 2 rings (SSSR count). The molecule has 1 aromatic heterocycles. The minimum absolute atomic E-state index is 0.0602. The van der Waals surface area contributed by atoms with Gasteiger partial charge in [0.25, 0.3) is 0 Å². The van der Waals surface area contributed by atoms with E-state index < -0.39 is 17.8 Å². The number of morpholine rings is 1. The van der Waals surface area contributed by atoms with E-state index in [4.69, 9.17) is 16.3 Å². The van der Waals surface area contributed by atoms with E-state index in [9.17, 15) is 18.0 Å². The lowest BCUT2D eigenvalue weighted by molar-refractivity contribution is -0.138. The Bertz CT molecular complexity index is 590. The summed E-state index contributed by atoms with van der Waals surface area (Å²) in [6, 6.07) is 0.165. The fourth-order valence-corrected chi connectivity index (χ4v) is 2.56. The molecule has 134 valence electrons.